The summed E-state index contributed by atoms with van der Waals surface area (Å²) in [6.45, 7) is 0.263. The lowest BCUT2D eigenvalue weighted by atomic mass is 10.0. The average molecular weight is 470 g/mol. The lowest BCUT2D eigenvalue weighted by molar-refractivity contribution is -0.116. The van der Waals surface area contributed by atoms with Crippen LogP contribution < -0.4 is 9.62 Å². The summed E-state index contributed by atoms with van der Waals surface area (Å²) in [6, 6.07) is 9.64. The standard InChI is InChI=1S/C20H21Cl2N3O4S/c1-24(12-19(26)23-15-6-7-16(21)17(22)11-15)20(27)14-5-8-18-13(10-14)4-3-9-25(18)30(2,28)29/h5-8,10-11H,3-4,9,12H2,1-2H3,(H,23,26). The van der Waals surface area contributed by atoms with Gasteiger partial charge in [0.2, 0.25) is 15.9 Å². The Kier molecular flexibility index (Phi) is 6.59. The van der Waals surface area contributed by atoms with E-state index in [-0.39, 0.29) is 18.4 Å². The molecule has 7 nitrogen and oxygen atoms in total. The van der Waals surface area contributed by atoms with Crippen LogP contribution in [-0.4, -0.2) is 51.5 Å². The molecule has 0 saturated heterocycles. The van der Waals surface area contributed by atoms with E-state index in [0.29, 0.717) is 46.4 Å². The molecule has 0 fully saturated rings. The highest BCUT2D eigenvalue weighted by Gasteiger charge is 2.25. The van der Waals surface area contributed by atoms with Gasteiger partial charge in [-0.3, -0.25) is 13.9 Å². The van der Waals surface area contributed by atoms with E-state index >= 15 is 0 Å². The highest BCUT2D eigenvalue weighted by atomic mass is 35.5. The molecule has 1 aliphatic heterocycles. The molecule has 2 aromatic rings. The van der Waals surface area contributed by atoms with Gasteiger partial charge in [-0.25, -0.2) is 8.42 Å². The van der Waals surface area contributed by atoms with E-state index in [9.17, 15) is 18.0 Å². The second-order valence-corrected chi connectivity index (χ2v) is 9.84. The summed E-state index contributed by atoms with van der Waals surface area (Å²) in [6.07, 6.45) is 2.53. The van der Waals surface area contributed by atoms with Crippen molar-refractivity contribution in [1.82, 2.24) is 4.90 Å². The maximum Gasteiger partial charge on any atom is 0.254 e. The van der Waals surface area contributed by atoms with Gasteiger partial charge in [-0.15, -0.1) is 0 Å². The topological polar surface area (TPSA) is 86.8 Å². The molecule has 0 radical (unpaired) electrons. The van der Waals surface area contributed by atoms with Crippen molar-refractivity contribution in [2.24, 2.45) is 0 Å². The first-order valence-electron chi connectivity index (χ1n) is 9.17. The number of anilines is 2. The van der Waals surface area contributed by atoms with Gasteiger partial charge in [0.15, 0.2) is 0 Å². The lowest BCUT2D eigenvalue weighted by Gasteiger charge is -2.29. The summed E-state index contributed by atoms with van der Waals surface area (Å²) in [7, 11) is -1.85. The van der Waals surface area contributed by atoms with Crippen LogP contribution in [0, 0.1) is 0 Å². The number of nitrogens with one attached hydrogen (secondary N) is 1. The Balaban J connectivity index is 1.70. The smallest absolute Gasteiger partial charge is 0.254 e. The quantitative estimate of drug-likeness (QED) is 0.726. The molecule has 0 bridgehead atoms. The highest BCUT2D eigenvalue weighted by molar-refractivity contribution is 7.92. The summed E-state index contributed by atoms with van der Waals surface area (Å²) in [5.41, 5.74) is 2.27. The van der Waals surface area contributed by atoms with Crippen molar-refractivity contribution < 1.29 is 18.0 Å². The summed E-state index contributed by atoms with van der Waals surface area (Å²) in [5, 5.41) is 3.36. The predicted molar refractivity (Wildman–Crippen MR) is 119 cm³/mol. The fourth-order valence-electron chi connectivity index (χ4n) is 3.32. The Labute approximate surface area is 185 Å². The Morgan fingerprint density at radius 2 is 1.87 bits per heavy atom. The molecular formula is C20H21Cl2N3O4S. The number of carbonyl (C=O) groups is 2. The molecule has 3 rings (SSSR count). The van der Waals surface area contributed by atoms with Gasteiger partial charge in [-0.1, -0.05) is 23.2 Å². The third kappa shape index (κ3) is 5.06. The fourth-order valence-corrected chi connectivity index (χ4v) is 4.62. The normalized spacial score (nSPS) is 13.5. The number of sulfonamides is 1. The molecule has 1 aliphatic rings. The van der Waals surface area contributed by atoms with Crippen molar-refractivity contribution >= 4 is 56.4 Å². The van der Waals surface area contributed by atoms with Gasteiger partial charge in [0.1, 0.15) is 0 Å². The minimum atomic E-state index is -3.37. The first kappa shape index (κ1) is 22.4. The Morgan fingerprint density at radius 3 is 2.53 bits per heavy atom. The van der Waals surface area contributed by atoms with Crippen LogP contribution in [0.1, 0.15) is 22.3 Å². The second-order valence-electron chi connectivity index (χ2n) is 7.12. The van der Waals surface area contributed by atoms with Gasteiger partial charge in [0, 0.05) is 24.8 Å². The third-order valence-electron chi connectivity index (χ3n) is 4.73. The molecule has 10 heteroatoms. The number of amides is 2. The van der Waals surface area contributed by atoms with Gasteiger partial charge in [-0.05, 0) is 54.8 Å². The molecule has 30 heavy (non-hydrogen) atoms. The zero-order chi connectivity index (χ0) is 22.1. The number of hydrogen-bond donors (Lipinski definition) is 1. The van der Waals surface area contributed by atoms with Crippen LogP contribution >= 0.6 is 23.2 Å². The van der Waals surface area contributed by atoms with Crippen molar-refractivity contribution in [3.05, 3.63) is 57.6 Å². The van der Waals surface area contributed by atoms with Crippen LogP contribution in [0.4, 0.5) is 11.4 Å². The summed E-state index contributed by atoms with van der Waals surface area (Å²) >= 11 is 11.8. The van der Waals surface area contributed by atoms with Gasteiger partial charge in [-0.2, -0.15) is 0 Å². The predicted octanol–water partition coefficient (Wildman–Crippen LogP) is 3.42. The van der Waals surface area contributed by atoms with Crippen LogP contribution in [0.25, 0.3) is 0 Å². The highest BCUT2D eigenvalue weighted by Crippen LogP contribution is 2.30. The minimum Gasteiger partial charge on any atom is -0.332 e. The molecule has 2 amide bonds. The van der Waals surface area contributed by atoms with E-state index < -0.39 is 10.0 Å². The van der Waals surface area contributed by atoms with Gasteiger partial charge in [0.25, 0.3) is 5.91 Å². The number of likely N-dealkylation sites (N-methyl/N-ethyl adjacent to an activating group) is 1. The second kappa shape index (κ2) is 8.83. The zero-order valence-corrected chi connectivity index (χ0v) is 18.8. The molecule has 0 aliphatic carbocycles. The van der Waals surface area contributed by atoms with E-state index in [1.54, 1.807) is 30.3 Å². The van der Waals surface area contributed by atoms with E-state index in [1.807, 2.05) is 0 Å². The molecule has 2 aromatic carbocycles. The van der Waals surface area contributed by atoms with Crippen molar-refractivity contribution in [2.45, 2.75) is 12.8 Å². The number of fused-ring (bicyclic) bond motifs is 1. The molecule has 0 unspecified atom stereocenters. The van der Waals surface area contributed by atoms with E-state index in [0.717, 1.165) is 5.56 Å². The molecule has 160 valence electrons. The summed E-state index contributed by atoms with van der Waals surface area (Å²) in [4.78, 5) is 26.4. The molecule has 0 spiro atoms. The molecule has 0 atom stereocenters. The molecule has 1 heterocycles. The average Bonchev–Trinajstić information content (AvgIpc) is 2.68. The summed E-state index contributed by atoms with van der Waals surface area (Å²) in [5.74, 6) is -0.719. The summed E-state index contributed by atoms with van der Waals surface area (Å²) < 4.78 is 25.3. The SMILES string of the molecule is CN(CC(=O)Nc1ccc(Cl)c(Cl)c1)C(=O)c1ccc2c(c1)CCCN2S(C)(=O)=O. The maximum absolute atomic E-state index is 12.8. The molecule has 0 aromatic heterocycles. The van der Waals surface area contributed by atoms with Crippen LogP contribution in [0.5, 0.6) is 0 Å². The monoisotopic (exact) mass is 469 g/mol. The van der Waals surface area contributed by atoms with Crippen LogP contribution in [-0.2, 0) is 21.2 Å². The molecular weight excluding hydrogens is 449 g/mol. The fraction of sp³-hybridized carbons (Fsp3) is 0.300. The number of nitrogens with zero attached hydrogens (tertiary/aromatic N) is 2. The van der Waals surface area contributed by atoms with Crippen molar-refractivity contribution in [3.63, 3.8) is 0 Å². The van der Waals surface area contributed by atoms with Crippen molar-refractivity contribution in [2.75, 3.05) is 36.0 Å². The number of rotatable bonds is 5. The van der Waals surface area contributed by atoms with Crippen LogP contribution in [0.2, 0.25) is 10.0 Å². The zero-order valence-electron chi connectivity index (χ0n) is 16.5. The third-order valence-corrected chi connectivity index (χ3v) is 6.65. The lowest BCUT2D eigenvalue weighted by Crippen LogP contribution is -2.36. The van der Waals surface area contributed by atoms with Gasteiger partial charge >= 0.3 is 0 Å². The largest absolute Gasteiger partial charge is 0.332 e. The van der Waals surface area contributed by atoms with Gasteiger partial charge < -0.3 is 10.2 Å². The van der Waals surface area contributed by atoms with Crippen molar-refractivity contribution in [3.8, 4) is 0 Å². The Bertz CT molecular complexity index is 1110. The number of aryl methyl sites for hydroxylation is 1. The Morgan fingerprint density at radius 1 is 1.13 bits per heavy atom. The maximum atomic E-state index is 12.8. The number of benzene rings is 2. The first-order chi connectivity index (χ1) is 14.1. The molecule has 0 saturated carbocycles. The van der Waals surface area contributed by atoms with E-state index in [1.165, 1.54) is 28.6 Å². The first-order valence-corrected chi connectivity index (χ1v) is 11.8. The van der Waals surface area contributed by atoms with Gasteiger partial charge in [0.05, 0.1) is 28.5 Å². The minimum absolute atomic E-state index is 0.161. The van der Waals surface area contributed by atoms with Crippen LogP contribution in [0.3, 0.4) is 0 Å². The Hall–Kier alpha value is -2.29. The number of hydrogen-bond acceptors (Lipinski definition) is 4. The van der Waals surface area contributed by atoms with Crippen LogP contribution in [0.15, 0.2) is 36.4 Å². The van der Waals surface area contributed by atoms with E-state index in [4.69, 9.17) is 23.2 Å². The molecule has 1 N–H and O–H groups in total. The van der Waals surface area contributed by atoms with Crippen molar-refractivity contribution in [1.29, 1.82) is 0 Å². The number of carbonyl (C=O) groups excluding carboxylic acids is 2. The number of halogens is 2. The van der Waals surface area contributed by atoms with E-state index in [2.05, 4.69) is 5.32 Å².